The smallest absolute Gasteiger partial charge is 0.236 e. The van der Waals surface area contributed by atoms with Gasteiger partial charge in [-0.05, 0) is 12.8 Å². The highest BCUT2D eigenvalue weighted by atomic mass is 32.2. The largest absolute Gasteiger partial charge is 0.354 e. The van der Waals surface area contributed by atoms with Gasteiger partial charge in [-0.1, -0.05) is 13.8 Å². The van der Waals surface area contributed by atoms with E-state index >= 15 is 0 Å². The minimum absolute atomic E-state index is 0.0712. The molecule has 0 heterocycles. The van der Waals surface area contributed by atoms with Crippen LogP contribution in [0.2, 0.25) is 0 Å². The zero-order valence-electron chi connectivity index (χ0n) is 10.9. The van der Waals surface area contributed by atoms with Gasteiger partial charge in [-0.3, -0.25) is 4.79 Å². The quantitative estimate of drug-likeness (QED) is 0.506. The number of rotatable bonds is 8. The first-order chi connectivity index (χ1) is 7.72. The van der Waals surface area contributed by atoms with E-state index in [0.29, 0.717) is 19.0 Å². The van der Waals surface area contributed by atoms with E-state index in [1.54, 1.807) is 6.92 Å². The van der Waals surface area contributed by atoms with Crippen molar-refractivity contribution in [2.75, 3.05) is 25.9 Å². The van der Waals surface area contributed by atoms with Crippen molar-refractivity contribution in [3.63, 3.8) is 0 Å². The van der Waals surface area contributed by atoms with Crippen LogP contribution in [0, 0.1) is 5.92 Å². The standard InChI is InChI=1S/C10H23N3O3S/c1-8(2)7-12-10(14)9(3)11-5-6-13-17(4,15)16/h8-9,11,13H,5-7H2,1-4H3,(H,12,14). The fourth-order valence-electron chi connectivity index (χ4n) is 1.08. The Balaban J connectivity index is 3.71. The molecule has 0 aromatic rings. The summed E-state index contributed by atoms with van der Waals surface area (Å²) >= 11 is 0. The van der Waals surface area contributed by atoms with Gasteiger partial charge in [-0.25, -0.2) is 13.1 Å². The Labute approximate surface area is 104 Å². The average Bonchev–Trinajstić information content (AvgIpc) is 2.19. The molecular weight excluding hydrogens is 242 g/mol. The van der Waals surface area contributed by atoms with Crippen LogP contribution in [0.25, 0.3) is 0 Å². The maximum absolute atomic E-state index is 11.5. The second-order valence-electron chi connectivity index (χ2n) is 4.48. The van der Waals surface area contributed by atoms with Crippen molar-refractivity contribution in [3.05, 3.63) is 0 Å². The van der Waals surface area contributed by atoms with E-state index in [1.165, 1.54) is 0 Å². The molecule has 6 nitrogen and oxygen atoms in total. The molecule has 0 aromatic carbocycles. The molecule has 0 rings (SSSR count). The Morgan fingerprint density at radius 3 is 2.24 bits per heavy atom. The summed E-state index contributed by atoms with van der Waals surface area (Å²) in [6.07, 6.45) is 1.10. The average molecular weight is 265 g/mol. The number of carbonyl (C=O) groups excluding carboxylic acids is 1. The number of hydrogen-bond donors (Lipinski definition) is 3. The Morgan fingerprint density at radius 1 is 1.18 bits per heavy atom. The molecule has 0 radical (unpaired) electrons. The summed E-state index contributed by atoms with van der Waals surface area (Å²) in [5.74, 6) is 0.344. The van der Waals surface area contributed by atoms with Gasteiger partial charge >= 0.3 is 0 Å². The molecule has 102 valence electrons. The van der Waals surface area contributed by atoms with Gasteiger partial charge in [0.2, 0.25) is 15.9 Å². The van der Waals surface area contributed by atoms with Crippen molar-refractivity contribution >= 4 is 15.9 Å². The van der Waals surface area contributed by atoms with Crippen LogP contribution in [0.15, 0.2) is 0 Å². The molecular formula is C10H23N3O3S. The van der Waals surface area contributed by atoms with Crippen molar-refractivity contribution < 1.29 is 13.2 Å². The molecule has 0 aliphatic heterocycles. The highest BCUT2D eigenvalue weighted by molar-refractivity contribution is 7.88. The van der Waals surface area contributed by atoms with E-state index in [0.717, 1.165) is 6.26 Å². The van der Waals surface area contributed by atoms with E-state index in [2.05, 4.69) is 15.4 Å². The topological polar surface area (TPSA) is 87.3 Å². The molecule has 0 aliphatic carbocycles. The van der Waals surface area contributed by atoms with Crippen LogP contribution in [0.4, 0.5) is 0 Å². The normalized spacial score (nSPS) is 13.7. The van der Waals surface area contributed by atoms with Gasteiger partial charge in [0.05, 0.1) is 12.3 Å². The van der Waals surface area contributed by atoms with E-state index in [9.17, 15) is 13.2 Å². The van der Waals surface area contributed by atoms with Crippen LogP contribution in [0.3, 0.4) is 0 Å². The van der Waals surface area contributed by atoms with Gasteiger partial charge in [0.15, 0.2) is 0 Å². The lowest BCUT2D eigenvalue weighted by atomic mass is 10.2. The molecule has 7 heteroatoms. The summed E-state index contributed by atoms with van der Waals surface area (Å²) in [5, 5.41) is 5.74. The Kier molecular flexibility index (Phi) is 7.33. The zero-order valence-corrected chi connectivity index (χ0v) is 11.7. The summed E-state index contributed by atoms with van der Waals surface area (Å²) in [6.45, 7) is 7.13. The summed E-state index contributed by atoms with van der Waals surface area (Å²) in [4.78, 5) is 11.5. The molecule has 0 spiro atoms. The van der Waals surface area contributed by atoms with Gasteiger partial charge in [0.1, 0.15) is 0 Å². The van der Waals surface area contributed by atoms with E-state index in [1.807, 2.05) is 13.8 Å². The number of carbonyl (C=O) groups is 1. The Bertz CT molecular complexity index is 328. The number of amides is 1. The molecule has 0 saturated carbocycles. The van der Waals surface area contributed by atoms with Crippen molar-refractivity contribution in [2.24, 2.45) is 5.92 Å². The van der Waals surface area contributed by atoms with Crippen LogP contribution < -0.4 is 15.4 Å². The Morgan fingerprint density at radius 2 is 1.76 bits per heavy atom. The van der Waals surface area contributed by atoms with Gasteiger partial charge in [0, 0.05) is 19.6 Å². The van der Waals surface area contributed by atoms with Crippen molar-refractivity contribution in [2.45, 2.75) is 26.8 Å². The first kappa shape index (κ1) is 16.3. The van der Waals surface area contributed by atoms with Crippen molar-refractivity contribution in [1.29, 1.82) is 0 Å². The summed E-state index contributed by atoms with van der Waals surface area (Å²) in [6, 6.07) is -0.324. The van der Waals surface area contributed by atoms with E-state index < -0.39 is 10.0 Å². The lowest BCUT2D eigenvalue weighted by Crippen LogP contribution is -2.45. The van der Waals surface area contributed by atoms with Gasteiger partial charge in [-0.15, -0.1) is 0 Å². The fourth-order valence-corrected chi connectivity index (χ4v) is 1.55. The minimum Gasteiger partial charge on any atom is -0.354 e. The molecule has 1 amide bonds. The van der Waals surface area contributed by atoms with Gasteiger partial charge in [-0.2, -0.15) is 0 Å². The lowest BCUT2D eigenvalue weighted by Gasteiger charge is -2.15. The maximum atomic E-state index is 11.5. The van der Waals surface area contributed by atoms with Crippen molar-refractivity contribution in [3.8, 4) is 0 Å². The van der Waals surface area contributed by atoms with Gasteiger partial charge in [0.25, 0.3) is 0 Å². The second-order valence-corrected chi connectivity index (χ2v) is 6.31. The molecule has 0 fully saturated rings. The first-order valence-electron chi connectivity index (χ1n) is 5.68. The fraction of sp³-hybridized carbons (Fsp3) is 0.900. The van der Waals surface area contributed by atoms with Crippen LogP contribution >= 0.6 is 0 Å². The third kappa shape index (κ3) is 10.2. The molecule has 0 bridgehead atoms. The Hall–Kier alpha value is -0.660. The van der Waals surface area contributed by atoms with Crippen molar-refractivity contribution in [1.82, 2.24) is 15.4 Å². The predicted molar refractivity (Wildman–Crippen MR) is 68.2 cm³/mol. The van der Waals surface area contributed by atoms with E-state index in [-0.39, 0.29) is 18.5 Å². The number of sulfonamides is 1. The predicted octanol–water partition coefficient (Wildman–Crippen LogP) is -0.714. The van der Waals surface area contributed by atoms with Crippen LogP contribution in [0.5, 0.6) is 0 Å². The highest BCUT2D eigenvalue weighted by Gasteiger charge is 2.11. The third-order valence-corrected chi connectivity index (χ3v) is 2.75. The molecule has 0 aliphatic rings. The van der Waals surface area contributed by atoms with Gasteiger partial charge < -0.3 is 10.6 Å². The second kappa shape index (κ2) is 7.62. The first-order valence-corrected chi connectivity index (χ1v) is 7.57. The molecule has 17 heavy (non-hydrogen) atoms. The molecule has 0 aromatic heterocycles. The molecule has 1 unspecified atom stereocenters. The monoisotopic (exact) mass is 265 g/mol. The summed E-state index contributed by atoms with van der Waals surface area (Å²) < 4.78 is 23.9. The SMILES string of the molecule is CC(C)CNC(=O)C(C)NCCNS(C)(=O)=O. The maximum Gasteiger partial charge on any atom is 0.236 e. The van der Waals surface area contributed by atoms with Crippen LogP contribution in [-0.2, 0) is 14.8 Å². The summed E-state index contributed by atoms with van der Waals surface area (Å²) in [5.41, 5.74) is 0. The van der Waals surface area contributed by atoms with E-state index in [4.69, 9.17) is 0 Å². The summed E-state index contributed by atoms with van der Waals surface area (Å²) in [7, 11) is -3.15. The zero-order chi connectivity index (χ0) is 13.5. The van der Waals surface area contributed by atoms with Crippen LogP contribution in [0.1, 0.15) is 20.8 Å². The highest BCUT2D eigenvalue weighted by Crippen LogP contribution is 1.88. The number of nitrogens with one attached hydrogen (secondary N) is 3. The molecule has 0 saturated heterocycles. The van der Waals surface area contributed by atoms with Crippen LogP contribution in [-0.4, -0.2) is 46.3 Å². The third-order valence-electron chi connectivity index (χ3n) is 2.02. The molecule has 1 atom stereocenters. The molecule has 3 N–H and O–H groups in total. The number of hydrogen-bond acceptors (Lipinski definition) is 4. The minimum atomic E-state index is -3.15. The lowest BCUT2D eigenvalue weighted by molar-refractivity contribution is -0.122.